The quantitative estimate of drug-likeness (QED) is 0.819. The van der Waals surface area contributed by atoms with Gasteiger partial charge in [0.25, 0.3) is 0 Å². The van der Waals surface area contributed by atoms with Crippen LogP contribution in [0, 0.1) is 0 Å². The number of urea groups is 1. The summed E-state index contributed by atoms with van der Waals surface area (Å²) in [6.45, 7) is 5.79. The van der Waals surface area contributed by atoms with E-state index in [1.165, 1.54) is 0 Å². The lowest BCUT2D eigenvalue weighted by Gasteiger charge is -2.38. The van der Waals surface area contributed by atoms with E-state index in [0.717, 1.165) is 37.5 Å². The van der Waals surface area contributed by atoms with Gasteiger partial charge in [-0.2, -0.15) is 0 Å². The van der Waals surface area contributed by atoms with Crippen LogP contribution < -0.4 is 20.7 Å². The molecular weight excluding hydrogens is 268 g/mol. The summed E-state index contributed by atoms with van der Waals surface area (Å²) in [6.07, 6.45) is 0.957. The van der Waals surface area contributed by atoms with Gasteiger partial charge in [-0.25, -0.2) is 4.79 Å². The van der Waals surface area contributed by atoms with Gasteiger partial charge in [0.1, 0.15) is 5.75 Å². The predicted molar refractivity (Wildman–Crippen MR) is 82.7 cm³/mol. The van der Waals surface area contributed by atoms with Crippen LogP contribution in [0.2, 0.25) is 0 Å². The van der Waals surface area contributed by atoms with Crippen LogP contribution in [-0.4, -0.2) is 49.8 Å². The SMILES string of the molecule is CCCOc1cccc(N2CCN3C(=O)NCC3C2)c1N. The fourth-order valence-corrected chi connectivity index (χ4v) is 2.97. The largest absolute Gasteiger partial charge is 0.491 e. The molecule has 3 N–H and O–H groups in total. The molecule has 2 fully saturated rings. The van der Waals surface area contributed by atoms with Gasteiger partial charge in [-0.15, -0.1) is 0 Å². The number of amides is 2. The van der Waals surface area contributed by atoms with Crippen LogP contribution in [0.25, 0.3) is 0 Å². The highest BCUT2D eigenvalue weighted by Crippen LogP contribution is 2.33. The monoisotopic (exact) mass is 290 g/mol. The topological polar surface area (TPSA) is 70.8 Å². The summed E-state index contributed by atoms with van der Waals surface area (Å²) in [5.41, 5.74) is 7.95. The standard InChI is InChI=1S/C15H22N4O2/c1-2-8-21-13-5-3-4-12(14(13)16)18-6-7-19-11(10-18)9-17-15(19)20/h3-5,11H,2,6-10,16H2,1H3,(H,17,20). The number of carbonyl (C=O) groups is 1. The Kier molecular flexibility index (Phi) is 3.77. The third-order valence-electron chi connectivity index (χ3n) is 4.08. The van der Waals surface area contributed by atoms with Crippen LogP contribution >= 0.6 is 0 Å². The van der Waals surface area contributed by atoms with Gasteiger partial charge in [-0.3, -0.25) is 0 Å². The number of ether oxygens (including phenoxy) is 1. The van der Waals surface area contributed by atoms with Crippen molar-refractivity contribution in [2.24, 2.45) is 0 Å². The van der Waals surface area contributed by atoms with E-state index in [9.17, 15) is 4.79 Å². The highest BCUT2D eigenvalue weighted by atomic mass is 16.5. The molecule has 2 saturated heterocycles. The van der Waals surface area contributed by atoms with Gasteiger partial charge in [-0.05, 0) is 18.6 Å². The highest BCUT2D eigenvalue weighted by Gasteiger charge is 2.35. The molecule has 0 saturated carbocycles. The van der Waals surface area contributed by atoms with Crippen LogP contribution in [0.15, 0.2) is 18.2 Å². The van der Waals surface area contributed by atoms with E-state index >= 15 is 0 Å². The first-order chi connectivity index (χ1) is 10.2. The molecule has 0 radical (unpaired) electrons. The normalized spacial score (nSPS) is 21.2. The van der Waals surface area contributed by atoms with E-state index in [0.29, 0.717) is 18.8 Å². The molecule has 0 bridgehead atoms. The second-order valence-electron chi connectivity index (χ2n) is 5.52. The lowest BCUT2D eigenvalue weighted by Crippen LogP contribution is -2.52. The number of rotatable bonds is 4. The number of nitrogens with one attached hydrogen (secondary N) is 1. The summed E-state index contributed by atoms with van der Waals surface area (Å²) in [7, 11) is 0. The summed E-state index contributed by atoms with van der Waals surface area (Å²) >= 11 is 0. The van der Waals surface area contributed by atoms with Crippen LogP contribution in [0.1, 0.15) is 13.3 Å². The Hall–Kier alpha value is -2.11. The van der Waals surface area contributed by atoms with E-state index in [2.05, 4.69) is 17.1 Å². The van der Waals surface area contributed by atoms with Gasteiger partial charge in [0.2, 0.25) is 0 Å². The predicted octanol–water partition coefficient (Wildman–Crippen LogP) is 1.27. The second-order valence-corrected chi connectivity index (χ2v) is 5.52. The molecule has 6 heteroatoms. The fourth-order valence-electron chi connectivity index (χ4n) is 2.97. The number of carbonyl (C=O) groups excluding carboxylic acids is 1. The molecule has 2 aliphatic rings. The summed E-state index contributed by atoms with van der Waals surface area (Å²) in [5.74, 6) is 0.748. The minimum Gasteiger partial charge on any atom is -0.491 e. The van der Waals surface area contributed by atoms with E-state index in [4.69, 9.17) is 10.5 Å². The molecule has 1 atom stereocenters. The zero-order chi connectivity index (χ0) is 14.8. The Labute approximate surface area is 124 Å². The lowest BCUT2D eigenvalue weighted by molar-refractivity contribution is 0.197. The van der Waals surface area contributed by atoms with Crippen molar-refractivity contribution < 1.29 is 9.53 Å². The smallest absolute Gasteiger partial charge is 0.317 e. The maximum Gasteiger partial charge on any atom is 0.317 e. The van der Waals surface area contributed by atoms with Crippen LogP contribution in [0.3, 0.4) is 0 Å². The zero-order valence-electron chi connectivity index (χ0n) is 12.3. The number of anilines is 2. The number of nitrogen functional groups attached to an aromatic ring is 1. The number of para-hydroxylation sites is 1. The lowest BCUT2D eigenvalue weighted by atomic mass is 10.1. The van der Waals surface area contributed by atoms with E-state index in [1.54, 1.807) is 0 Å². The number of nitrogens with zero attached hydrogens (tertiary/aromatic N) is 2. The average molecular weight is 290 g/mol. The molecule has 114 valence electrons. The summed E-state index contributed by atoms with van der Waals surface area (Å²) in [6, 6.07) is 6.18. The van der Waals surface area contributed by atoms with Crippen LogP contribution in [-0.2, 0) is 0 Å². The van der Waals surface area contributed by atoms with Crippen molar-refractivity contribution >= 4 is 17.4 Å². The first-order valence-corrected chi connectivity index (χ1v) is 7.51. The molecule has 21 heavy (non-hydrogen) atoms. The molecule has 0 aliphatic carbocycles. The first kappa shape index (κ1) is 13.9. The van der Waals surface area contributed by atoms with Crippen molar-refractivity contribution in [2.75, 3.05) is 43.4 Å². The Morgan fingerprint density at radius 1 is 1.43 bits per heavy atom. The molecule has 1 aromatic carbocycles. The van der Waals surface area contributed by atoms with Crippen molar-refractivity contribution in [2.45, 2.75) is 19.4 Å². The first-order valence-electron chi connectivity index (χ1n) is 7.51. The van der Waals surface area contributed by atoms with Crippen LogP contribution in [0.4, 0.5) is 16.2 Å². The van der Waals surface area contributed by atoms with Crippen molar-refractivity contribution in [3.8, 4) is 5.75 Å². The zero-order valence-corrected chi connectivity index (χ0v) is 12.3. The van der Waals surface area contributed by atoms with Gasteiger partial charge in [-0.1, -0.05) is 13.0 Å². The Balaban J connectivity index is 1.76. The van der Waals surface area contributed by atoms with E-state index in [-0.39, 0.29) is 12.1 Å². The second kappa shape index (κ2) is 5.71. The Morgan fingerprint density at radius 2 is 2.29 bits per heavy atom. The highest BCUT2D eigenvalue weighted by molar-refractivity contribution is 5.78. The number of piperazine rings is 1. The molecule has 6 nitrogen and oxygen atoms in total. The number of hydrogen-bond donors (Lipinski definition) is 2. The van der Waals surface area contributed by atoms with E-state index < -0.39 is 0 Å². The Bertz CT molecular complexity index is 534. The number of hydrogen-bond acceptors (Lipinski definition) is 4. The number of benzene rings is 1. The van der Waals surface area contributed by atoms with Crippen molar-refractivity contribution in [3.63, 3.8) is 0 Å². The summed E-state index contributed by atoms with van der Waals surface area (Å²) in [4.78, 5) is 15.8. The van der Waals surface area contributed by atoms with Gasteiger partial charge < -0.3 is 25.6 Å². The third-order valence-corrected chi connectivity index (χ3v) is 4.08. The summed E-state index contributed by atoms with van der Waals surface area (Å²) < 4.78 is 5.69. The fraction of sp³-hybridized carbons (Fsp3) is 0.533. The van der Waals surface area contributed by atoms with E-state index in [1.807, 2.05) is 23.1 Å². The molecule has 2 amide bonds. The Morgan fingerprint density at radius 3 is 3.10 bits per heavy atom. The molecule has 1 unspecified atom stereocenters. The minimum absolute atomic E-state index is 0.0488. The molecule has 0 aromatic heterocycles. The van der Waals surface area contributed by atoms with Gasteiger partial charge >= 0.3 is 6.03 Å². The van der Waals surface area contributed by atoms with Gasteiger partial charge in [0.15, 0.2) is 0 Å². The summed E-state index contributed by atoms with van der Waals surface area (Å²) in [5, 5.41) is 2.89. The number of fused-ring (bicyclic) bond motifs is 1. The molecule has 2 heterocycles. The third kappa shape index (κ3) is 2.57. The van der Waals surface area contributed by atoms with Crippen molar-refractivity contribution in [1.82, 2.24) is 10.2 Å². The molecule has 0 spiro atoms. The molecule has 3 rings (SSSR count). The van der Waals surface area contributed by atoms with Gasteiger partial charge in [0, 0.05) is 26.2 Å². The van der Waals surface area contributed by atoms with Crippen molar-refractivity contribution in [1.29, 1.82) is 0 Å². The number of nitrogens with two attached hydrogens (primary N) is 1. The average Bonchev–Trinajstić information content (AvgIpc) is 2.87. The maximum atomic E-state index is 11.6. The molecular formula is C15H22N4O2. The molecule has 2 aliphatic heterocycles. The van der Waals surface area contributed by atoms with Gasteiger partial charge in [0.05, 0.1) is 24.0 Å². The minimum atomic E-state index is 0.0488. The molecule has 1 aromatic rings. The van der Waals surface area contributed by atoms with Crippen LogP contribution in [0.5, 0.6) is 5.75 Å². The maximum absolute atomic E-state index is 11.6. The van der Waals surface area contributed by atoms with Crippen molar-refractivity contribution in [3.05, 3.63) is 18.2 Å².